The van der Waals surface area contributed by atoms with Gasteiger partial charge in [0.05, 0.1) is 0 Å². The van der Waals surface area contributed by atoms with Crippen LogP contribution in [0.1, 0.15) is 97.1 Å². The molecule has 144 valence electrons. The zero-order valence-electron chi connectivity index (χ0n) is 18.0. The molecule has 1 aromatic carbocycles. The van der Waals surface area contributed by atoms with Crippen LogP contribution in [0.2, 0.25) is 0 Å². The Hall–Kier alpha value is -1.04. The molecule has 0 aliphatic carbocycles. The van der Waals surface area contributed by atoms with Crippen LogP contribution in [0.3, 0.4) is 0 Å². The highest BCUT2D eigenvalue weighted by Gasteiger charge is 2.11. The lowest BCUT2D eigenvalue weighted by atomic mass is 9.87. The minimum absolute atomic E-state index is 0.794. The maximum absolute atomic E-state index is 4.20. The first kappa shape index (κ1) is 24.0. The molecule has 0 bridgehead atoms. The standard InChI is InChI=1S/C14H28.C11H16/c1-6-8-9-14(13(5)7-2)11-10-12(3)4;1-3-4-5-11-8-6-10(2)7-9-11/h12,14H,5-11H2,1-4H3;6-9H,3-5H2,1-2H3. The van der Waals surface area contributed by atoms with E-state index in [2.05, 4.69) is 72.4 Å². The van der Waals surface area contributed by atoms with Crippen LogP contribution in [-0.2, 0) is 6.42 Å². The molecule has 0 aliphatic rings. The summed E-state index contributed by atoms with van der Waals surface area (Å²) in [5.74, 6) is 1.63. The Morgan fingerprint density at radius 2 is 1.48 bits per heavy atom. The molecule has 0 saturated heterocycles. The number of aryl methyl sites for hydroxylation is 2. The number of rotatable bonds is 11. The molecule has 0 heterocycles. The minimum Gasteiger partial charge on any atom is -0.0996 e. The van der Waals surface area contributed by atoms with Crippen LogP contribution in [0.25, 0.3) is 0 Å². The van der Waals surface area contributed by atoms with Crippen LogP contribution >= 0.6 is 0 Å². The normalized spacial score (nSPS) is 11.8. The summed E-state index contributed by atoms with van der Waals surface area (Å²) < 4.78 is 0. The molecule has 0 spiro atoms. The topological polar surface area (TPSA) is 0 Å². The van der Waals surface area contributed by atoms with E-state index in [1.54, 1.807) is 0 Å². The van der Waals surface area contributed by atoms with Crippen molar-refractivity contribution in [3.63, 3.8) is 0 Å². The van der Waals surface area contributed by atoms with Crippen molar-refractivity contribution < 1.29 is 0 Å². The average molecular weight is 345 g/mol. The molecule has 0 amide bonds. The second kappa shape index (κ2) is 15.2. The summed E-state index contributed by atoms with van der Waals surface area (Å²) in [6, 6.07) is 8.83. The second-order valence-corrected chi connectivity index (χ2v) is 7.91. The van der Waals surface area contributed by atoms with Crippen molar-refractivity contribution in [3.8, 4) is 0 Å². The molecule has 1 unspecified atom stereocenters. The summed E-state index contributed by atoms with van der Waals surface area (Å²) in [6.45, 7) is 17.7. The third kappa shape index (κ3) is 12.9. The van der Waals surface area contributed by atoms with Gasteiger partial charge in [-0.25, -0.2) is 0 Å². The highest BCUT2D eigenvalue weighted by atomic mass is 14.2. The average Bonchev–Trinajstić information content (AvgIpc) is 2.61. The Kier molecular flexibility index (Phi) is 14.6. The van der Waals surface area contributed by atoms with Crippen molar-refractivity contribution in [2.24, 2.45) is 11.8 Å². The predicted octanol–water partition coefficient (Wildman–Crippen LogP) is 8.53. The van der Waals surface area contributed by atoms with Gasteiger partial charge in [-0.2, -0.15) is 0 Å². The Morgan fingerprint density at radius 3 is 1.96 bits per heavy atom. The molecule has 0 heteroatoms. The summed E-state index contributed by atoms with van der Waals surface area (Å²) in [6.07, 6.45) is 11.7. The molecule has 0 nitrogen and oxygen atoms in total. The summed E-state index contributed by atoms with van der Waals surface area (Å²) >= 11 is 0. The fourth-order valence-electron chi connectivity index (χ4n) is 2.96. The van der Waals surface area contributed by atoms with Gasteiger partial charge in [0.2, 0.25) is 0 Å². The molecule has 0 aliphatic heterocycles. The lowest BCUT2D eigenvalue weighted by Gasteiger charge is -2.19. The van der Waals surface area contributed by atoms with Crippen LogP contribution in [-0.4, -0.2) is 0 Å². The van der Waals surface area contributed by atoms with Crippen LogP contribution in [0.15, 0.2) is 36.4 Å². The van der Waals surface area contributed by atoms with Gasteiger partial charge >= 0.3 is 0 Å². The van der Waals surface area contributed by atoms with E-state index < -0.39 is 0 Å². The summed E-state index contributed by atoms with van der Waals surface area (Å²) in [7, 11) is 0. The van der Waals surface area contributed by atoms with Crippen molar-refractivity contribution in [3.05, 3.63) is 47.5 Å². The van der Waals surface area contributed by atoms with Crippen molar-refractivity contribution in [1.82, 2.24) is 0 Å². The quantitative estimate of drug-likeness (QED) is 0.353. The van der Waals surface area contributed by atoms with Crippen LogP contribution < -0.4 is 0 Å². The summed E-state index contributed by atoms with van der Waals surface area (Å²) in [5, 5.41) is 0. The number of hydrogen-bond donors (Lipinski definition) is 0. The molecular formula is C25H44. The Labute approximate surface area is 159 Å². The van der Waals surface area contributed by atoms with Crippen molar-refractivity contribution in [2.75, 3.05) is 0 Å². The molecule has 0 saturated carbocycles. The molecular weight excluding hydrogens is 300 g/mol. The number of hydrogen-bond acceptors (Lipinski definition) is 0. The lowest BCUT2D eigenvalue weighted by molar-refractivity contribution is 0.429. The van der Waals surface area contributed by atoms with Crippen molar-refractivity contribution >= 4 is 0 Å². The third-order valence-corrected chi connectivity index (χ3v) is 4.97. The molecule has 25 heavy (non-hydrogen) atoms. The molecule has 0 N–H and O–H groups in total. The maximum Gasteiger partial charge on any atom is -0.0206 e. The van der Waals surface area contributed by atoms with E-state index in [0.717, 1.165) is 18.3 Å². The zero-order valence-corrected chi connectivity index (χ0v) is 18.0. The summed E-state index contributed by atoms with van der Waals surface area (Å²) in [4.78, 5) is 0. The first-order valence-corrected chi connectivity index (χ1v) is 10.7. The minimum atomic E-state index is 0.794. The fourth-order valence-corrected chi connectivity index (χ4v) is 2.96. The molecule has 1 atom stereocenters. The van der Waals surface area contributed by atoms with E-state index >= 15 is 0 Å². The van der Waals surface area contributed by atoms with Gasteiger partial charge < -0.3 is 0 Å². The fraction of sp³-hybridized carbons (Fsp3) is 0.680. The third-order valence-electron chi connectivity index (χ3n) is 4.97. The largest absolute Gasteiger partial charge is 0.0996 e. The van der Waals surface area contributed by atoms with E-state index in [1.165, 1.54) is 68.1 Å². The highest BCUT2D eigenvalue weighted by molar-refractivity contribution is 5.21. The monoisotopic (exact) mass is 344 g/mol. The SMILES string of the molecule is C=C(CC)C(CCCC)CCC(C)C.CCCCc1ccc(C)cc1. The van der Waals surface area contributed by atoms with Gasteiger partial charge in [-0.3, -0.25) is 0 Å². The molecule has 1 aromatic rings. The maximum atomic E-state index is 4.20. The Balaban J connectivity index is 0.000000472. The van der Waals surface area contributed by atoms with E-state index in [1.807, 2.05) is 0 Å². The molecule has 0 fully saturated rings. The number of unbranched alkanes of at least 4 members (excludes halogenated alkanes) is 2. The van der Waals surface area contributed by atoms with Gasteiger partial charge in [0, 0.05) is 0 Å². The lowest BCUT2D eigenvalue weighted by Crippen LogP contribution is -2.05. The Morgan fingerprint density at radius 1 is 0.880 bits per heavy atom. The van der Waals surface area contributed by atoms with Crippen molar-refractivity contribution in [1.29, 1.82) is 0 Å². The van der Waals surface area contributed by atoms with Gasteiger partial charge in [0.15, 0.2) is 0 Å². The first-order valence-electron chi connectivity index (χ1n) is 10.7. The van der Waals surface area contributed by atoms with E-state index in [0.29, 0.717) is 0 Å². The van der Waals surface area contributed by atoms with Gasteiger partial charge in [-0.1, -0.05) is 102 Å². The smallest absolute Gasteiger partial charge is 0.0206 e. The van der Waals surface area contributed by atoms with Crippen molar-refractivity contribution in [2.45, 2.75) is 99.3 Å². The second-order valence-electron chi connectivity index (χ2n) is 7.91. The van der Waals surface area contributed by atoms with Crippen LogP contribution in [0.4, 0.5) is 0 Å². The molecule has 0 radical (unpaired) electrons. The van der Waals surface area contributed by atoms with Gasteiger partial charge in [-0.05, 0) is 56.4 Å². The highest BCUT2D eigenvalue weighted by Crippen LogP contribution is 2.25. The zero-order chi connectivity index (χ0) is 19.1. The van der Waals surface area contributed by atoms with Gasteiger partial charge in [0.25, 0.3) is 0 Å². The van der Waals surface area contributed by atoms with E-state index in [9.17, 15) is 0 Å². The number of benzene rings is 1. The molecule has 1 rings (SSSR count). The number of allylic oxidation sites excluding steroid dienone is 1. The van der Waals surface area contributed by atoms with E-state index in [-0.39, 0.29) is 0 Å². The van der Waals surface area contributed by atoms with Gasteiger partial charge in [0.1, 0.15) is 0 Å². The predicted molar refractivity (Wildman–Crippen MR) is 116 cm³/mol. The first-order chi connectivity index (χ1) is 11.9. The summed E-state index contributed by atoms with van der Waals surface area (Å²) in [5.41, 5.74) is 4.29. The van der Waals surface area contributed by atoms with Gasteiger partial charge in [-0.15, -0.1) is 0 Å². The van der Waals surface area contributed by atoms with E-state index in [4.69, 9.17) is 0 Å². The molecule has 0 aromatic heterocycles. The Bertz CT molecular complexity index is 424. The van der Waals surface area contributed by atoms with Crippen LogP contribution in [0, 0.1) is 18.8 Å². The van der Waals surface area contributed by atoms with Crippen LogP contribution in [0.5, 0.6) is 0 Å².